The molecule has 3 rings (SSSR count). The molecule has 2 aliphatic heterocycles. The number of rotatable bonds is 5. The van der Waals surface area contributed by atoms with Crippen LogP contribution in [0, 0.1) is 11.7 Å². The number of carbonyl (C=O) groups is 2. The van der Waals surface area contributed by atoms with Gasteiger partial charge in [-0.2, -0.15) is 4.31 Å². The minimum atomic E-state index is -3.71. The number of nitrogens with one attached hydrogen (secondary N) is 1. The molecular weight excluding hydrogens is 409 g/mol. The first-order chi connectivity index (χ1) is 14.3. The molecule has 0 bridgehead atoms. The van der Waals surface area contributed by atoms with Crippen LogP contribution in [0.1, 0.15) is 45.4 Å². The van der Waals surface area contributed by atoms with Crippen LogP contribution < -0.4 is 5.32 Å². The van der Waals surface area contributed by atoms with E-state index in [9.17, 15) is 22.4 Å². The smallest absolute Gasteiger partial charge is 0.244 e. The third-order valence-corrected chi connectivity index (χ3v) is 7.84. The fraction of sp³-hybridized carbons (Fsp3) is 0.619. The van der Waals surface area contributed by atoms with E-state index in [1.165, 1.54) is 16.4 Å². The molecule has 30 heavy (non-hydrogen) atoms. The number of hydrogen-bond acceptors (Lipinski definition) is 4. The highest BCUT2D eigenvalue weighted by molar-refractivity contribution is 7.89. The van der Waals surface area contributed by atoms with Crippen molar-refractivity contribution in [3.63, 3.8) is 0 Å². The zero-order valence-corrected chi connectivity index (χ0v) is 18.2. The van der Waals surface area contributed by atoms with Gasteiger partial charge in [0.05, 0.1) is 4.90 Å². The van der Waals surface area contributed by atoms with Crippen LogP contribution in [0.3, 0.4) is 0 Å². The van der Waals surface area contributed by atoms with Crippen LogP contribution in [0.15, 0.2) is 29.2 Å². The average molecular weight is 440 g/mol. The SMILES string of the molecule is C[C@@H](NC(=O)C1CCN(S(=O)(=O)c2ccc(F)cc2)CC1)C(=O)N1CCCCCC1. The van der Waals surface area contributed by atoms with Gasteiger partial charge in [0.1, 0.15) is 11.9 Å². The number of benzene rings is 1. The molecule has 9 heteroatoms. The van der Waals surface area contributed by atoms with Gasteiger partial charge in [-0.15, -0.1) is 0 Å². The molecule has 0 aliphatic carbocycles. The van der Waals surface area contributed by atoms with Crippen LogP contribution in [0.25, 0.3) is 0 Å². The Morgan fingerprint density at radius 2 is 1.57 bits per heavy atom. The molecule has 7 nitrogen and oxygen atoms in total. The summed E-state index contributed by atoms with van der Waals surface area (Å²) in [5.74, 6) is -1.08. The summed E-state index contributed by atoms with van der Waals surface area (Å²) in [4.78, 5) is 27.1. The van der Waals surface area contributed by atoms with Crippen molar-refractivity contribution in [2.24, 2.45) is 5.92 Å². The minimum absolute atomic E-state index is 0.0449. The van der Waals surface area contributed by atoms with E-state index in [2.05, 4.69) is 5.32 Å². The highest BCUT2D eigenvalue weighted by Crippen LogP contribution is 2.24. The molecule has 2 amide bonds. The van der Waals surface area contributed by atoms with Crippen LogP contribution in [-0.4, -0.2) is 61.7 Å². The zero-order chi connectivity index (χ0) is 21.7. The summed E-state index contributed by atoms with van der Waals surface area (Å²) in [6.45, 7) is 3.61. The monoisotopic (exact) mass is 439 g/mol. The molecule has 0 unspecified atom stereocenters. The van der Waals surface area contributed by atoms with Gasteiger partial charge in [-0.3, -0.25) is 9.59 Å². The lowest BCUT2D eigenvalue weighted by atomic mass is 9.97. The van der Waals surface area contributed by atoms with Gasteiger partial charge in [0.2, 0.25) is 21.8 Å². The number of likely N-dealkylation sites (tertiary alicyclic amines) is 1. The highest BCUT2D eigenvalue weighted by Gasteiger charge is 2.33. The van der Waals surface area contributed by atoms with Crippen molar-refractivity contribution in [1.29, 1.82) is 0 Å². The Morgan fingerprint density at radius 3 is 2.13 bits per heavy atom. The number of hydrogen-bond donors (Lipinski definition) is 1. The first-order valence-electron chi connectivity index (χ1n) is 10.6. The Hall–Kier alpha value is -2.00. The average Bonchev–Trinajstić information content (AvgIpc) is 3.03. The first kappa shape index (κ1) is 22.7. The molecule has 2 fully saturated rings. The predicted octanol–water partition coefficient (Wildman–Crippen LogP) is 2.13. The van der Waals surface area contributed by atoms with Gasteiger partial charge in [0, 0.05) is 32.1 Å². The predicted molar refractivity (Wildman–Crippen MR) is 111 cm³/mol. The summed E-state index contributed by atoms with van der Waals surface area (Å²) < 4.78 is 39.8. The van der Waals surface area contributed by atoms with Gasteiger partial charge in [-0.05, 0) is 56.9 Å². The summed E-state index contributed by atoms with van der Waals surface area (Å²) in [5.41, 5.74) is 0. The van der Waals surface area contributed by atoms with E-state index in [4.69, 9.17) is 0 Å². The molecule has 2 aliphatic rings. The van der Waals surface area contributed by atoms with Crippen LogP contribution >= 0.6 is 0 Å². The fourth-order valence-corrected chi connectivity index (χ4v) is 5.54. The third-order valence-electron chi connectivity index (χ3n) is 5.92. The van der Waals surface area contributed by atoms with E-state index >= 15 is 0 Å². The maximum Gasteiger partial charge on any atom is 0.244 e. The van der Waals surface area contributed by atoms with E-state index in [1.54, 1.807) is 6.92 Å². The molecule has 2 heterocycles. The molecule has 1 aromatic rings. The molecule has 0 saturated carbocycles. The summed E-state index contributed by atoms with van der Waals surface area (Å²) in [6, 6.07) is 4.15. The van der Waals surface area contributed by atoms with Crippen molar-refractivity contribution in [3.05, 3.63) is 30.1 Å². The van der Waals surface area contributed by atoms with Crippen molar-refractivity contribution in [3.8, 4) is 0 Å². The summed E-state index contributed by atoms with van der Waals surface area (Å²) in [7, 11) is -3.71. The van der Waals surface area contributed by atoms with Gasteiger partial charge >= 0.3 is 0 Å². The maximum atomic E-state index is 13.1. The topological polar surface area (TPSA) is 86.8 Å². The molecular formula is C21H30FN3O4S. The normalized spacial score (nSPS) is 20.4. The van der Waals surface area contributed by atoms with E-state index in [1.807, 2.05) is 4.90 Å². The summed E-state index contributed by atoms with van der Waals surface area (Å²) in [6.07, 6.45) is 5.02. The maximum absolute atomic E-state index is 13.1. The second kappa shape index (κ2) is 9.87. The lowest BCUT2D eigenvalue weighted by Gasteiger charge is -2.31. The molecule has 2 saturated heterocycles. The zero-order valence-electron chi connectivity index (χ0n) is 17.3. The van der Waals surface area contributed by atoms with Crippen LogP contribution in [-0.2, 0) is 19.6 Å². The van der Waals surface area contributed by atoms with Crippen LogP contribution in [0.5, 0.6) is 0 Å². The quantitative estimate of drug-likeness (QED) is 0.762. The standard InChI is InChI=1S/C21H30FN3O4S/c1-16(21(27)24-12-4-2-3-5-13-24)23-20(26)17-10-14-25(15-11-17)30(28,29)19-8-6-18(22)7-9-19/h6-9,16-17H,2-5,10-15H2,1H3,(H,23,26)/t16-/m1/s1. The molecule has 0 spiro atoms. The van der Waals surface area contributed by atoms with Crippen molar-refractivity contribution in [2.75, 3.05) is 26.2 Å². The van der Waals surface area contributed by atoms with Crippen LogP contribution in [0.4, 0.5) is 4.39 Å². The minimum Gasteiger partial charge on any atom is -0.344 e. The van der Waals surface area contributed by atoms with Gasteiger partial charge < -0.3 is 10.2 Å². The number of nitrogens with zero attached hydrogens (tertiary/aromatic N) is 2. The lowest BCUT2D eigenvalue weighted by molar-refractivity contribution is -0.137. The van der Waals surface area contributed by atoms with Gasteiger partial charge in [-0.1, -0.05) is 12.8 Å². The first-order valence-corrected chi connectivity index (χ1v) is 12.1. The summed E-state index contributed by atoms with van der Waals surface area (Å²) >= 11 is 0. The Bertz CT molecular complexity index is 844. The Morgan fingerprint density at radius 1 is 1.00 bits per heavy atom. The van der Waals surface area contributed by atoms with E-state index in [-0.39, 0.29) is 35.7 Å². The molecule has 1 N–H and O–H groups in total. The highest BCUT2D eigenvalue weighted by atomic mass is 32.2. The molecule has 1 atom stereocenters. The van der Waals surface area contributed by atoms with Crippen molar-refractivity contribution < 1.29 is 22.4 Å². The third kappa shape index (κ3) is 5.37. The summed E-state index contributed by atoms with van der Waals surface area (Å²) in [5, 5.41) is 2.82. The molecule has 166 valence electrons. The number of amides is 2. The fourth-order valence-electron chi connectivity index (χ4n) is 4.07. The lowest BCUT2D eigenvalue weighted by Crippen LogP contribution is -2.50. The largest absolute Gasteiger partial charge is 0.344 e. The van der Waals surface area contributed by atoms with Crippen molar-refractivity contribution >= 4 is 21.8 Å². The number of piperidine rings is 1. The number of sulfonamides is 1. The van der Waals surface area contributed by atoms with E-state index in [0.717, 1.165) is 50.9 Å². The van der Waals surface area contributed by atoms with Crippen molar-refractivity contribution in [2.45, 2.75) is 56.4 Å². The number of carbonyl (C=O) groups excluding carboxylic acids is 2. The number of halogens is 1. The van der Waals surface area contributed by atoms with Gasteiger partial charge in [0.15, 0.2) is 0 Å². The van der Waals surface area contributed by atoms with Crippen molar-refractivity contribution in [1.82, 2.24) is 14.5 Å². The molecule has 0 aromatic heterocycles. The Labute approximate surface area is 177 Å². The van der Waals surface area contributed by atoms with E-state index < -0.39 is 21.9 Å². The molecule has 1 aromatic carbocycles. The van der Waals surface area contributed by atoms with Gasteiger partial charge in [0.25, 0.3) is 0 Å². The Kier molecular flexibility index (Phi) is 7.46. The van der Waals surface area contributed by atoms with Gasteiger partial charge in [-0.25, -0.2) is 12.8 Å². The van der Waals surface area contributed by atoms with Crippen LogP contribution in [0.2, 0.25) is 0 Å². The Balaban J connectivity index is 1.52. The molecule has 0 radical (unpaired) electrons. The van der Waals surface area contributed by atoms with E-state index in [0.29, 0.717) is 12.8 Å². The second-order valence-corrected chi connectivity index (χ2v) is 10.0. The second-order valence-electron chi connectivity index (χ2n) is 8.10.